The van der Waals surface area contributed by atoms with Crippen molar-refractivity contribution in [2.45, 2.75) is 0 Å². The highest BCUT2D eigenvalue weighted by Gasteiger charge is 2.15. The molecule has 2 rings (SSSR count). The standard InChI is InChI=1S/C12H7BrClN3O3/c13-11-9(2-1-5-15-11)16-12(18)7-3-4-10(17(19)20)8(14)6-7/h1-6H,(H,16,18). The van der Waals surface area contributed by atoms with Crippen LogP contribution in [0.25, 0.3) is 0 Å². The average Bonchev–Trinajstić information content (AvgIpc) is 2.40. The van der Waals surface area contributed by atoms with Gasteiger partial charge in [0.15, 0.2) is 0 Å². The fourth-order valence-corrected chi connectivity index (χ4v) is 2.07. The van der Waals surface area contributed by atoms with E-state index in [9.17, 15) is 14.9 Å². The Labute approximate surface area is 127 Å². The number of pyridine rings is 1. The minimum Gasteiger partial charge on any atom is -0.320 e. The van der Waals surface area contributed by atoms with E-state index in [1.807, 2.05) is 0 Å². The van der Waals surface area contributed by atoms with Crippen LogP contribution in [0.15, 0.2) is 41.1 Å². The van der Waals surface area contributed by atoms with Crippen molar-refractivity contribution < 1.29 is 9.72 Å². The largest absolute Gasteiger partial charge is 0.320 e. The lowest BCUT2D eigenvalue weighted by Crippen LogP contribution is -2.12. The Morgan fingerprint density at radius 1 is 1.40 bits per heavy atom. The van der Waals surface area contributed by atoms with Crippen molar-refractivity contribution in [3.8, 4) is 0 Å². The number of nitro benzene ring substituents is 1. The smallest absolute Gasteiger partial charge is 0.287 e. The molecule has 0 radical (unpaired) electrons. The van der Waals surface area contributed by atoms with E-state index in [0.717, 1.165) is 0 Å². The molecule has 20 heavy (non-hydrogen) atoms. The van der Waals surface area contributed by atoms with E-state index in [4.69, 9.17) is 11.6 Å². The van der Waals surface area contributed by atoms with Gasteiger partial charge in [0.25, 0.3) is 11.6 Å². The minimum atomic E-state index is -0.609. The van der Waals surface area contributed by atoms with Crippen LogP contribution in [0.2, 0.25) is 5.02 Å². The first-order chi connectivity index (χ1) is 9.49. The molecular weight excluding hydrogens is 350 g/mol. The zero-order valence-corrected chi connectivity index (χ0v) is 12.2. The van der Waals surface area contributed by atoms with E-state index < -0.39 is 10.8 Å². The van der Waals surface area contributed by atoms with Gasteiger partial charge in [-0.15, -0.1) is 0 Å². The second-order valence-electron chi connectivity index (χ2n) is 3.72. The molecule has 1 amide bonds. The molecule has 0 saturated carbocycles. The van der Waals surface area contributed by atoms with Gasteiger partial charge in [-0.1, -0.05) is 11.6 Å². The van der Waals surface area contributed by atoms with Gasteiger partial charge in [-0.25, -0.2) is 4.98 Å². The maximum Gasteiger partial charge on any atom is 0.287 e. The summed E-state index contributed by atoms with van der Waals surface area (Å²) in [7, 11) is 0. The number of carbonyl (C=O) groups excluding carboxylic acids is 1. The molecule has 0 bridgehead atoms. The molecule has 1 N–H and O–H groups in total. The van der Waals surface area contributed by atoms with Crippen molar-refractivity contribution in [3.63, 3.8) is 0 Å². The lowest BCUT2D eigenvalue weighted by atomic mass is 10.2. The van der Waals surface area contributed by atoms with Crippen molar-refractivity contribution in [2.24, 2.45) is 0 Å². The summed E-state index contributed by atoms with van der Waals surface area (Å²) < 4.78 is 0.487. The molecule has 6 nitrogen and oxygen atoms in total. The highest BCUT2D eigenvalue weighted by atomic mass is 79.9. The second-order valence-corrected chi connectivity index (χ2v) is 4.88. The number of hydrogen-bond acceptors (Lipinski definition) is 4. The number of hydrogen-bond donors (Lipinski definition) is 1. The molecule has 0 saturated heterocycles. The number of nitro groups is 1. The van der Waals surface area contributed by atoms with Crippen LogP contribution in [0.5, 0.6) is 0 Å². The molecule has 0 aliphatic carbocycles. The number of benzene rings is 1. The third-order valence-corrected chi connectivity index (χ3v) is 3.35. The lowest BCUT2D eigenvalue weighted by Gasteiger charge is -2.06. The van der Waals surface area contributed by atoms with Crippen LogP contribution in [0, 0.1) is 10.1 Å². The Morgan fingerprint density at radius 2 is 2.15 bits per heavy atom. The maximum absolute atomic E-state index is 12.0. The summed E-state index contributed by atoms with van der Waals surface area (Å²) >= 11 is 8.96. The molecule has 0 aliphatic rings. The molecule has 0 fully saturated rings. The first-order valence-electron chi connectivity index (χ1n) is 5.35. The molecule has 1 aromatic heterocycles. The van der Waals surface area contributed by atoms with Crippen molar-refractivity contribution in [2.75, 3.05) is 5.32 Å². The fourth-order valence-electron chi connectivity index (χ4n) is 1.47. The Balaban J connectivity index is 2.24. The normalized spacial score (nSPS) is 10.1. The predicted molar refractivity (Wildman–Crippen MR) is 78.0 cm³/mol. The first-order valence-corrected chi connectivity index (χ1v) is 6.52. The van der Waals surface area contributed by atoms with E-state index in [2.05, 4.69) is 26.2 Å². The number of nitrogens with zero attached hydrogens (tertiary/aromatic N) is 2. The van der Waals surface area contributed by atoms with Crippen LogP contribution in [0.3, 0.4) is 0 Å². The van der Waals surface area contributed by atoms with Crippen molar-refractivity contribution in [3.05, 3.63) is 61.8 Å². The number of carbonyl (C=O) groups is 1. The minimum absolute atomic E-state index is 0.0899. The van der Waals surface area contributed by atoms with Gasteiger partial charge in [-0.05, 0) is 40.2 Å². The summed E-state index contributed by atoms with van der Waals surface area (Å²) in [6, 6.07) is 7.11. The van der Waals surface area contributed by atoms with E-state index in [1.54, 1.807) is 18.3 Å². The molecule has 102 valence electrons. The third kappa shape index (κ3) is 3.12. The maximum atomic E-state index is 12.0. The van der Waals surface area contributed by atoms with Gasteiger partial charge < -0.3 is 5.32 Å². The Kier molecular flexibility index (Phi) is 4.31. The molecule has 0 unspecified atom stereocenters. The highest BCUT2D eigenvalue weighted by molar-refractivity contribution is 9.10. The molecule has 0 aliphatic heterocycles. The highest BCUT2D eigenvalue weighted by Crippen LogP contribution is 2.26. The first kappa shape index (κ1) is 14.4. The van der Waals surface area contributed by atoms with E-state index in [-0.39, 0.29) is 16.3 Å². The quantitative estimate of drug-likeness (QED) is 0.516. The second kappa shape index (κ2) is 5.98. The fraction of sp³-hybridized carbons (Fsp3) is 0. The zero-order chi connectivity index (χ0) is 14.7. The summed E-state index contributed by atoms with van der Waals surface area (Å²) in [5, 5.41) is 13.2. The number of halogens is 2. The summed E-state index contributed by atoms with van der Waals surface area (Å²) in [5.41, 5.74) is 0.467. The SMILES string of the molecule is O=C(Nc1cccnc1Br)c1ccc([N+](=O)[O-])c(Cl)c1. The number of anilines is 1. The number of aromatic nitrogens is 1. The van der Waals surface area contributed by atoms with Gasteiger partial charge in [-0.3, -0.25) is 14.9 Å². The van der Waals surface area contributed by atoms with Crippen LogP contribution in [-0.2, 0) is 0 Å². The van der Waals surface area contributed by atoms with Crippen LogP contribution in [0.1, 0.15) is 10.4 Å². The van der Waals surface area contributed by atoms with Crippen LogP contribution >= 0.6 is 27.5 Å². The van der Waals surface area contributed by atoms with Crippen LogP contribution in [0.4, 0.5) is 11.4 Å². The Morgan fingerprint density at radius 3 is 2.75 bits per heavy atom. The predicted octanol–water partition coefficient (Wildman–Crippen LogP) is 3.66. The number of rotatable bonds is 3. The van der Waals surface area contributed by atoms with Crippen LogP contribution in [-0.4, -0.2) is 15.8 Å². The Hall–Kier alpha value is -1.99. The monoisotopic (exact) mass is 355 g/mol. The molecule has 0 atom stereocenters. The summed E-state index contributed by atoms with van der Waals surface area (Å²) in [6.45, 7) is 0. The van der Waals surface area contributed by atoms with E-state index >= 15 is 0 Å². The zero-order valence-electron chi connectivity index (χ0n) is 9.84. The summed E-state index contributed by atoms with van der Waals surface area (Å²) in [6.07, 6.45) is 1.57. The molecule has 1 heterocycles. The van der Waals surface area contributed by atoms with E-state index in [0.29, 0.717) is 10.3 Å². The number of nitrogens with one attached hydrogen (secondary N) is 1. The topological polar surface area (TPSA) is 85.1 Å². The molecule has 1 aromatic carbocycles. The van der Waals surface area contributed by atoms with Crippen molar-refractivity contribution in [1.82, 2.24) is 4.98 Å². The van der Waals surface area contributed by atoms with Gasteiger partial charge in [0.2, 0.25) is 0 Å². The molecule has 2 aromatic rings. The molecule has 8 heteroatoms. The van der Waals surface area contributed by atoms with E-state index in [1.165, 1.54) is 18.2 Å². The van der Waals surface area contributed by atoms with Gasteiger partial charge in [0.05, 0.1) is 10.6 Å². The van der Waals surface area contributed by atoms with Gasteiger partial charge in [0, 0.05) is 17.8 Å². The lowest BCUT2D eigenvalue weighted by molar-refractivity contribution is -0.384. The summed E-state index contributed by atoms with van der Waals surface area (Å²) in [5.74, 6) is -0.435. The Bertz CT molecular complexity index is 693. The third-order valence-electron chi connectivity index (χ3n) is 2.41. The van der Waals surface area contributed by atoms with Gasteiger partial charge in [-0.2, -0.15) is 0 Å². The van der Waals surface area contributed by atoms with Crippen molar-refractivity contribution in [1.29, 1.82) is 0 Å². The average molecular weight is 357 g/mol. The molecule has 0 spiro atoms. The van der Waals surface area contributed by atoms with Crippen LogP contribution < -0.4 is 5.32 Å². The van der Waals surface area contributed by atoms with Gasteiger partial charge >= 0.3 is 0 Å². The van der Waals surface area contributed by atoms with Gasteiger partial charge in [0.1, 0.15) is 9.63 Å². The molecular formula is C12H7BrClN3O3. The number of amides is 1. The van der Waals surface area contributed by atoms with Crippen molar-refractivity contribution >= 4 is 44.8 Å². The summed E-state index contributed by atoms with van der Waals surface area (Å²) in [4.78, 5) is 26.0.